The highest BCUT2D eigenvalue weighted by Gasteiger charge is 2.44. The summed E-state index contributed by atoms with van der Waals surface area (Å²) in [5, 5.41) is 77.4. The van der Waals surface area contributed by atoms with E-state index in [0.717, 1.165) is 12.1 Å². The summed E-state index contributed by atoms with van der Waals surface area (Å²) in [6.45, 7) is -0.656. The van der Waals surface area contributed by atoms with Crippen molar-refractivity contribution in [2.24, 2.45) is 0 Å². The first-order valence-corrected chi connectivity index (χ1v) is 10.9. The predicted octanol–water partition coefficient (Wildman–Crippen LogP) is -0.766. The van der Waals surface area contributed by atoms with Crippen LogP contribution in [0.3, 0.4) is 0 Å². The number of ether oxygens (including phenoxy) is 3. The van der Waals surface area contributed by atoms with Gasteiger partial charge in [-0.1, -0.05) is 12.1 Å². The second-order valence-corrected chi connectivity index (χ2v) is 8.17. The highest BCUT2D eigenvalue weighted by molar-refractivity contribution is 5.89. The SMILES string of the molecule is O=C(/C=C/c1ccc(O[C@@H]2O[C@H](CO)[C@@H](O)[C@H](O)[C@H]2O)c(O)c1)OC(Cc1ccc(O)c(O)c1)C(=O)O. The smallest absolute Gasteiger partial charge is 0.345 e. The molecular formula is C24H26O13. The Kier molecular flexibility index (Phi) is 8.91. The maximum Gasteiger partial charge on any atom is 0.345 e. The lowest BCUT2D eigenvalue weighted by Gasteiger charge is -2.39. The Morgan fingerprint density at radius 1 is 0.946 bits per heavy atom. The van der Waals surface area contributed by atoms with Gasteiger partial charge in [0.1, 0.15) is 24.4 Å². The molecule has 1 aliphatic rings. The third kappa shape index (κ3) is 6.87. The third-order valence-electron chi connectivity index (χ3n) is 5.48. The molecular weight excluding hydrogens is 496 g/mol. The number of esters is 1. The summed E-state index contributed by atoms with van der Waals surface area (Å²) in [4.78, 5) is 23.6. The van der Waals surface area contributed by atoms with E-state index in [-0.39, 0.29) is 23.5 Å². The van der Waals surface area contributed by atoms with E-state index in [1.807, 2.05) is 0 Å². The number of phenolic OH excluding ortho intramolecular Hbond substituents is 3. The third-order valence-corrected chi connectivity index (χ3v) is 5.48. The minimum Gasteiger partial charge on any atom is -0.504 e. The fourth-order valence-electron chi connectivity index (χ4n) is 3.46. The molecule has 1 fully saturated rings. The number of benzene rings is 2. The Bertz CT molecular complexity index is 1150. The summed E-state index contributed by atoms with van der Waals surface area (Å²) < 4.78 is 15.5. The van der Waals surface area contributed by atoms with Gasteiger partial charge in [-0.05, 0) is 41.5 Å². The number of carboxylic acids is 1. The number of aliphatic carboxylic acids is 1. The summed E-state index contributed by atoms with van der Waals surface area (Å²) >= 11 is 0. The van der Waals surface area contributed by atoms with Crippen LogP contribution in [0.4, 0.5) is 0 Å². The number of hydrogen-bond donors (Lipinski definition) is 8. The zero-order chi connectivity index (χ0) is 27.3. The average molecular weight is 522 g/mol. The van der Waals surface area contributed by atoms with Gasteiger partial charge in [0.15, 0.2) is 23.0 Å². The number of aliphatic hydroxyl groups excluding tert-OH is 4. The van der Waals surface area contributed by atoms with Gasteiger partial charge in [-0.25, -0.2) is 9.59 Å². The van der Waals surface area contributed by atoms with Crippen LogP contribution in [0, 0.1) is 0 Å². The molecule has 8 N–H and O–H groups in total. The van der Waals surface area contributed by atoms with Gasteiger partial charge in [0.2, 0.25) is 12.4 Å². The van der Waals surface area contributed by atoms with E-state index in [0.29, 0.717) is 5.56 Å². The van der Waals surface area contributed by atoms with E-state index in [9.17, 15) is 50.4 Å². The van der Waals surface area contributed by atoms with Crippen molar-refractivity contribution in [3.63, 3.8) is 0 Å². The van der Waals surface area contributed by atoms with Crippen LogP contribution in [0.2, 0.25) is 0 Å². The van der Waals surface area contributed by atoms with Crippen LogP contribution in [0.5, 0.6) is 23.0 Å². The van der Waals surface area contributed by atoms with Gasteiger partial charge in [-0.2, -0.15) is 0 Å². The Morgan fingerprint density at radius 2 is 1.68 bits per heavy atom. The topological polar surface area (TPSA) is 224 Å². The van der Waals surface area contributed by atoms with E-state index in [4.69, 9.17) is 14.2 Å². The van der Waals surface area contributed by atoms with Gasteiger partial charge in [0.05, 0.1) is 6.61 Å². The lowest BCUT2D eigenvalue weighted by molar-refractivity contribution is -0.277. The first-order valence-electron chi connectivity index (χ1n) is 10.9. The van der Waals surface area contributed by atoms with Gasteiger partial charge in [-0.15, -0.1) is 0 Å². The van der Waals surface area contributed by atoms with Crippen molar-refractivity contribution in [3.05, 3.63) is 53.6 Å². The van der Waals surface area contributed by atoms with Crippen molar-refractivity contribution in [1.82, 2.24) is 0 Å². The van der Waals surface area contributed by atoms with Gasteiger partial charge in [0, 0.05) is 12.5 Å². The van der Waals surface area contributed by atoms with Gasteiger partial charge < -0.3 is 55.1 Å². The largest absolute Gasteiger partial charge is 0.504 e. The van der Waals surface area contributed by atoms with Gasteiger partial charge >= 0.3 is 11.9 Å². The van der Waals surface area contributed by atoms with Crippen LogP contribution in [0.25, 0.3) is 6.08 Å². The number of aliphatic hydroxyl groups is 4. The van der Waals surface area contributed by atoms with Crippen molar-refractivity contribution in [1.29, 1.82) is 0 Å². The van der Waals surface area contributed by atoms with E-state index in [1.165, 1.54) is 36.4 Å². The van der Waals surface area contributed by atoms with Crippen LogP contribution in [-0.2, 0) is 25.5 Å². The molecule has 13 heteroatoms. The van der Waals surface area contributed by atoms with E-state index < -0.39 is 66.9 Å². The standard InChI is InChI=1S/C24H26O13/c25-10-18-20(30)21(31)22(32)24(37-18)36-16-5-2-11(7-15(16)28)3-6-19(29)35-17(23(33)34)9-12-1-4-13(26)14(27)8-12/h1-8,17-18,20-22,24-28,30-32H,9-10H2,(H,33,34)/b6-3+/t17?,18-,20-,21+,22-,24-/m1/s1. The van der Waals surface area contributed by atoms with Crippen molar-refractivity contribution >= 4 is 18.0 Å². The Morgan fingerprint density at radius 3 is 2.30 bits per heavy atom. The first kappa shape index (κ1) is 27.7. The minimum atomic E-state index is -1.68. The fourth-order valence-corrected chi connectivity index (χ4v) is 3.46. The number of carbonyl (C=O) groups excluding carboxylic acids is 1. The predicted molar refractivity (Wildman–Crippen MR) is 123 cm³/mol. The number of rotatable bonds is 9. The Labute approximate surface area is 209 Å². The lowest BCUT2D eigenvalue weighted by atomic mass is 9.99. The second kappa shape index (κ2) is 11.9. The Balaban J connectivity index is 1.63. The average Bonchev–Trinajstić information content (AvgIpc) is 2.86. The van der Waals surface area contributed by atoms with Crippen LogP contribution >= 0.6 is 0 Å². The zero-order valence-electron chi connectivity index (χ0n) is 19.1. The number of aromatic hydroxyl groups is 3. The molecule has 13 nitrogen and oxygen atoms in total. The molecule has 0 saturated carbocycles. The van der Waals surface area contributed by atoms with Crippen LogP contribution in [-0.4, -0.2) is 96.2 Å². The quantitative estimate of drug-likeness (QED) is 0.115. The molecule has 2 aromatic rings. The number of carboxylic acid groups (broad SMARTS) is 1. The highest BCUT2D eigenvalue weighted by atomic mass is 16.7. The number of phenols is 3. The van der Waals surface area contributed by atoms with Crippen molar-refractivity contribution in [2.75, 3.05) is 6.61 Å². The Hall–Kier alpha value is -3.88. The van der Waals surface area contributed by atoms with Crippen molar-refractivity contribution in [2.45, 2.75) is 43.2 Å². The lowest BCUT2D eigenvalue weighted by Crippen LogP contribution is -2.60. The summed E-state index contributed by atoms with van der Waals surface area (Å²) in [6.07, 6.45) is -7.33. The number of carbonyl (C=O) groups is 2. The van der Waals surface area contributed by atoms with E-state index >= 15 is 0 Å². The molecule has 37 heavy (non-hydrogen) atoms. The molecule has 6 atom stereocenters. The van der Waals surface area contributed by atoms with E-state index in [1.54, 1.807) is 0 Å². The second-order valence-electron chi connectivity index (χ2n) is 8.17. The van der Waals surface area contributed by atoms with Crippen LogP contribution in [0.15, 0.2) is 42.5 Å². The normalized spacial score (nSPS) is 24.5. The summed E-state index contributed by atoms with van der Waals surface area (Å²) in [6, 6.07) is 7.52. The molecule has 0 amide bonds. The molecule has 0 spiro atoms. The van der Waals surface area contributed by atoms with Gasteiger partial charge in [0.25, 0.3) is 0 Å². The first-order chi connectivity index (χ1) is 17.5. The monoisotopic (exact) mass is 522 g/mol. The summed E-state index contributed by atoms with van der Waals surface area (Å²) in [7, 11) is 0. The van der Waals surface area contributed by atoms with Gasteiger partial charge in [-0.3, -0.25) is 0 Å². The molecule has 0 aliphatic carbocycles. The zero-order valence-corrected chi connectivity index (χ0v) is 19.1. The van der Waals surface area contributed by atoms with Crippen molar-refractivity contribution in [3.8, 4) is 23.0 Å². The summed E-state index contributed by atoms with van der Waals surface area (Å²) in [5.74, 6) is -3.89. The molecule has 0 radical (unpaired) electrons. The molecule has 0 aromatic heterocycles. The summed E-state index contributed by atoms with van der Waals surface area (Å²) in [5.41, 5.74) is 0.588. The molecule has 0 bridgehead atoms. The van der Waals surface area contributed by atoms with E-state index in [2.05, 4.69) is 0 Å². The van der Waals surface area contributed by atoms with Crippen LogP contribution < -0.4 is 4.74 Å². The molecule has 200 valence electrons. The fraction of sp³-hybridized carbons (Fsp3) is 0.333. The number of hydrogen-bond acceptors (Lipinski definition) is 12. The van der Waals surface area contributed by atoms with Crippen molar-refractivity contribution < 1.29 is 64.7 Å². The maximum absolute atomic E-state index is 12.2. The molecule has 1 heterocycles. The maximum atomic E-state index is 12.2. The molecule has 1 unspecified atom stereocenters. The van der Waals surface area contributed by atoms with Crippen LogP contribution in [0.1, 0.15) is 11.1 Å². The molecule has 2 aromatic carbocycles. The molecule has 3 rings (SSSR count). The molecule has 1 saturated heterocycles. The highest BCUT2D eigenvalue weighted by Crippen LogP contribution is 2.31. The molecule has 1 aliphatic heterocycles. The minimum absolute atomic E-state index is 0.174.